The van der Waals surface area contributed by atoms with E-state index in [1.165, 1.54) is 18.4 Å². The Balaban J connectivity index is 2.28. The van der Waals surface area contributed by atoms with Crippen molar-refractivity contribution in [1.29, 1.82) is 0 Å². The van der Waals surface area contributed by atoms with Crippen LogP contribution in [0.4, 0.5) is 0 Å². The van der Waals surface area contributed by atoms with Crippen LogP contribution in [-0.2, 0) is 0 Å². The molecule has 0 bridgehead atoms. The van der Waals surface area contributed by atoms with Crippen molar-refractivity contribution in [2.45, 2.75) is 64.0 Å². The zero-order chi connectivity index (χ0) is 15.6. The SMILES string of the molecule is CC1CCCC(C(O)c2ccc(C(C)C)cc2)(N(C)C)C1. The van der Waals surface area contributed by atoms with E-state index in [2.05, 4.69) is 64.0 Å². The summed E-state index contributed by atoms with van der Waals surface area (Å²) in [6, 6.07) is 8.56. The molecule has 0 aromatic heterocycles. The lowest BCUT2D eigenvalue weighted by molar-refractivity contribution is -0.0450. The van der Waals surface area contributed by atoms with Gasteiger partial charge in [0.2, 0.25) is 0 Å². The third-order valence-electron chi connectivity index (χ3n) is 5.33. The van der Waals surface area contributed by atoms with Crippen LogP contribution < -0.4 is 0 Å². The van der Waals surface area contributed by atoms with Crippen LogP contribution in [0.5, 0.6) is 0 Å². The molecule has 0 radical (unpaired) electrons. The molecule has 0 aliphatic heterocycles. The third kappa shape index (κ3) is 3.32. The van der Waals surface area contributed by atoms with Crippen LogP contribution in [0, 0.1) is 5.92 Å². The molecule has 2 rings (SSSR count). The topological polar surface area (TPSA) is 23.5 Å². The molecule has 0 heterocycles. The van der Waals surface area contributed by atoms with Crippen molar-refractivity contribution in [1.82, 2.24) is 4.90 Å². The Hall–Kier alpha value is -0.860. The number of aliphatic hydroxyl groups excluding tert-OH is 1. The van der Waals surface area contributed by atoms with E-state index in [9.17, 15) is 5.11 Å². The van der Waals surface area contributed by atoms with Gasteiger partial charge < -0.3 is 10.0 Å². The predicted octanol–water partition coefficient (Wildman–Crippen LogP) is 4.35. The highest BCUT2D eigenvalue weighted by molar-refractivity contribution is 5.28. The number of likely N-dealkylation sites (N-methyl/N-ethyl adjacent to an activating group) is 1. The second-order valence-electron chi connectivity index (χ2n) is 7.42. The monoisotopic (exact) mass is 289 g/mol. The van der Waals surface area contributed by atoms with Gasteiger partial charge in [-0.2, -0.15) is 0 Å². The Morgan fingerprint density at radius 2 is 1.71 bits per heavy atom. The molecule has 0 spiro atoms. The molecule has 1 saturated carbocycles. The average molecular weight is 289 g/mol. The van der Waals surface area contributed by atoms with E-state index in [1.807, 2.05) is 0 Å². The molecule has 1 N–H and O–H groups in total. The molecule has 0 amide bonds. The lowest BCUT2D eigenvalue weighted by Gasteiger charge is -2.48. The summed E-state index contributed by atoms with van der Waals surface area (Å²) in [5.74, 6) is 1.22. The van der Waals surface area contributed by atoms with E-state index >= 15 is 0 Å². The van der Waals surface area contributed by atoms with Crippen molar-refractivity contribution in [3.05, 3.63) is 35.4 Å². The third-order valence-corrected chi connectivity index (χ3v) is 5.33. The number of hydrogen-bond donors (Lipinski definition) is 1. The van der Waals surface area contributed by atoms with Gasteiger partial charge in [-0.25, -0.2) is 0 Å². The first kappa shape index (κ1) is 16.5. The van der Waals surface area contributed by atoms with Crippen molar-refractivity contribution >= 4 is 0 Å². The fourth-order valence-corrected chi connectivity index (χ4v) is 3.84. The largest absolute Gasteiger partial charge is 0.386 e. The van der Waals surface area contributed by atoms with Gasteiger partial charge in [0.25, 0.3) is 0 Å². The quantitative estimate of drug-likeness (QED) is 0.890. The summed E-state index contributed by atoms with van der Waals surface area (Å²) >= 11 is 0. The Labute approximate surface area is 130 Å². The van der Waals surface area contributed by atoms with Gasteiger partial charge in [-0.15, -0.1) is 0 Å². The lowest BCUT2D eigenvalue weighted by atomic mass is 9.70. The van der Waals surface area contributed by atoms with Crippen LogP contribution in [-0.4, -0.2) is 29.6 Å². The molecule has 3 unspecified atom stereocenters. The Morgan fingerprint density at radius 3 is 2.19 bits per heavy atom. The Morgan fingerprint density at radius 1 is 1.14 bits per heavy atom. The molecule has 1 aromatic carbocycles. The minimum Gasteiger partial charge on any atom is -0.386 e. The van der Waals surface area contributed by atoms with Gasteiger partial charge in [-0.3, -0.25) is 0 Å². The molecule has 2 nitrogen and oxygen atoms in total. The van der Waals surface area contributed by atoms with Gasteiger partial charge in [0, 0.05) is 0 Å². The maximum Gasteiger partial charge on any atom is 0.0973 e. The minimum atomic E-state index is -0.406. The van der Waals surface area contributed by atoms with Crippen molar-refractivity contribution in [3.8, 4) is 0 Å². The predicted molar refractivity (Wildman–Crippen MR) is 89.5 cm³/mol. The molecule has 1 aromatic rings. The van der Waals surface area contributed by atoms with Gasteiger partial charge in [0.1, 0.15) is 0 Å². The van der Waals surface area contributed by atoms with Gasteiger partial charge in [0.05, 0.1) is 11.6 Å². The van der Waals surface area contributed by atoms with E-state index in [0.717, 1.165) is 18.4 Å². The maximum atomic E-state index is 11.1. The molecule has 3 atom stereocenters. The van der Waals surface area contributed by atoms with Crippen LogP contribution in [0.25, 0.3) is 0 Å². The second kappa shape index (κ2) is 6.50. The van der Waals surface area contributed by atoms with Crippen molar-refractivity contribution in [3.63, 3.8) is 0 Å². The average Bonchev–Trinajstić information content (AvgIpc) is 2.46. The molecule has 0 saturated heterocycles. The van der Waals surface area contributed by atoms with Crippen molar-refractivity contribution in [2.75, 3.05) is 14.1 Å². The highest BCUT2D eigenvalue weighted by Crippen LogP contribution is 2.44. The first-order chi connectivity index (χ1) is 9.86. The van der Waals surface area contributed by atoms with E-state index in [0.29, 0.717) is 11.8 Å². The van der Waals surface area contributed by atoms with Crippen LogP contribution in [0.3, 0.4) is 0 Å². The van der Waals surface area contributed by atoms with Gasteiger partial charge in [-0.1, -0.05) is 57.9 Å². The first-order valence-electron chi connectivity index (χ1n) is 8.32. The summed E-state index contributed by atoms with van der Waals surface area (Å²) in [7, 11) is 4.23. The summed E-state index contributed by atoms with van der Waals surface area (Å²) in [6.45, 7) is 6.72. The van der Waals surface area contributed by atoms with Crippen LogP contribution in [0.1, 0.15) is 69.6 Å². The highest BCUT2D eigenvalue weighted by Gasteiger charge is 2.43. The van der Waals surface area contributed by atoms with E-state index in [4.69, 9.17) is 0 Å². The second-order valence-corrected chi connectivity index (χ2v) is 7.42. The lowest BCUT2D eigenvalue weighted by Crippen LogP contribution is -2.52. The van der Waals surface area contributed by atoms with Gasteiger partial charge >= 0.3 is 0 Å². The normalized spacial score (nSPS) is 28.1. The van der Waals surface area contributed by atoms with Crippen LogP contribution in [0.15, 0.2) is 24.3 Å². The summed E-state index contributed by atoms with van der Waals surface area (Å²) in [6.07, 6.45) is 4.25. The molecule has 1 aliphatic carbocycles. The zero-order valence-corrected chi connectivity index (χ0v) is 14.3. The number of rotatable bonds is 4. The number of hydrogen-bond acceptors (Lipinski definition) is 2. The van der Waals surface area contributed by atoms with Crippen LogP contribution in [0.2, 0.25) is 0 Å². The zero-order valence-electron chi connectivity index (χ0n) is 14.3. The van der Waals surface area contributed by atoms with E-state index in [1.54, 1.807) is 0 Å². The summed E-state index contributed by atoms with van der Waals surface area (Å²) < 4.78 is 0. The molecule has 118 valence electrons. The molecule has 2 heteroatoms. The van der Waals surface area contributed by atoms with Crippen LogP contribution >= 0.6 is 0 Å². The highest BCUT2D eigenvalue weighted by atomic mass is 16.3. The minimum absolute atomic E-state index is 0.114. The van der Waals surface area contributed by atoms with Gasteiger partial charge in [0.15, 0.2) is 0 Å². The van der Waals surface area contributed by atoms with Crippen molar-refractivity contribution in [2.24, 2.45) is 5.92 Å². The molecule has 1 fully saturated rings. The molecular weight excluding hydrogens is 258 g/mol. The fraction of sp³-hybridized carbons (Fsp3) is 0.684. The van der Waals surface area contributed by atoms with E-state index in [-0.39, 0.29) is 5.54 Å². The summed E-state index contributed by atoms with van der Waals surface area (Å²) in [5, 5.41) is 11.1. The number of nitrogens with zero attached hydrogens (tertiary/aromatic N) is 1. The molecule has 21 heavy (non-hydrogen) atoms. The summed E-state index contributed by atoms with van der Waals surface area (Å²) in [5.41, 5.74) is 2.28. The molecule has 1 aliphatic rings. The van der Waals surface area contributed by atoms with E-state index < -0.39 is 6.10 Å². The first-order valence-corrected chi connectivity index (χ1v) is 8.32. The van der Waals surface area contributed by atoms with Gasteiger partial charge in [-0.05, 0) is 49.9 Å². The summed E-state index contributed by atoms with van der Waals surface area (Å²) in [4.78, 5) is 2.25. The number of benzene rings is 1. The molecular formula is C19H31NO. The number of aliphatic hydroxyl groups is 1. The van der Waals surface area contributed by atoms with Crippen molar-refractivity contribution < 1.29 is 5.11 Å². The Kier molecular flexibility index (Phi) is 5.11. The standard InChI is InChI=1S/C19H31NO/c1-14(2)16-8-10-17(11-9-16)18(21)19(20(4)5)12-6-7-15(3)13-19/h8-11,14-15,18,21H,6-7,12-13H2,1-5H3. The maximum absolute atomic E-state index is 11.1. The Bertz CT molecular complexity index is 451. The fourth-order valence-electron chi connectivity index (χ4n) is 3.84. The smallest absolute Gasteiger partial charge is 0.0973 e.